The van der Waals surface area contributed by atoms with E-state index in [0.717, 1.165) is 11.4 Å². The van der Waals surface area contributed by atoms with Crippen molar-refractivity contribution in [1.29, 1.82) is 0 Å². The van der Waals surface area contributed by atoms with Crippen LogP contribution < -0.4 is 4.90 Å². The Hall–Kier alpha value is -6.00. The summed E-state index contributed by atoms with van der Waals surface area (Å²) < 4.78 is 5.23. The van der Waals surface area contributed by atoms with Crippen LogP contribution in [0.2, 0.25) is 0 Å². The van der Waals surface area contributed by atoms with E-state index in [1.807, 2.05) is 22.7 Å². The molecule has 10 rings (SSSR count). The van der Waals surface area contributed by atoms with Crippen LogP contribution in [0.5, 0.6) is 0 Å². The van der Waals surface area contributed by atoms with E-state index in [-0.39, 0.29) is 0 Å². The molecule has 0 amide bonds. The van der Waals surface area contributed by atoms with Gasteiger partial charge in [-0.1, -0.05) is 140 Å². The fourth-order valence-electron chi connectivity index (χ4n) is 7.53. The van der Waals surface area contributed by atoms with Crippen molar-refractivity contribution in [3.05, 3.63) is 188 Å². The molecule has 51 heavy (non-hydrogen) atoms. The molecule has 8 aromatic carbocycles. The molecule has 0 fully saturated rings. The lowest BCUT2D eigenvalue weighted by Gasteiger charge is -2.28. The number of rotatable bonds is 6. The second-order valence-corrected chi connectivity index (χ2v) is 15.0. The van der Waals surface area contributed by atoms with Gasteiger partial charge in [-0.2, -0.15) is 0 Å². The molecule has 3 heteroatoms. The lowest BCUT2D eigenvalue weighted by atomic mass is 9.92. The summed E-state index contributed by atoms with van der Waals surface area (Å²) in [4.78, 5) is 2.45. The Balaban J connectivity index is 1.22. The summed E-state index contributed by atoms with van der Waals surface area (Å²) in [5.41, 5.74) is 10.8. The van der Waals surface area contributed by atoms with Gasteiger partial charge in [0, 0.05) is 57.3 Å². The van der Waals surface area contributed by atoms with Crippen molar-refractivity contribution in [2.24, 2.45) is 0 Å². The Kier molecular flexibility index (Phi) is 7.26. The minimum atomic E-state index is 1.12. The van der Waals surface area contributed by atoms with Crippen molar-refractivity contribution < 1.29 is 0 Å². The highest BCUT2D eigenvalue weighted by Gasteiger charge is 2.21. The van der Waals surface area contributed by atoms with Gasteiger partial charge in [-0.15, -0.1) is 22.7 Å². The largest absolute Gasteiger partial charge is 0.310 e. The molecule has 0 aliphatic heterocycles. The Morgan fingerprint density at radius 1 is 0.333 bits per heavy atom. The van der Waals surface area contributed by atoms with E-state index in [4.69, 9.17) is 0 Å². The first-order valence-electron chi connectivity index (χ1n) is 17.3. The SMILES string of the molecule is c1ccc(-c2ccc(N(c3ccc(-c4cccc5c4sc4ccccc45)c(-c4ccccc4)c3)c3cccc4sc5ccccc5c34)cc2)cc1. The highest BCUT2D eigenvalue weighted by atomic mass is 32.1. The standard InChI is InChI=1S/C48H31NS2/c1-3-13-32(14-4-1)33-25-27-35(28-26-33)49(43-21-12-24-46-47(43)41-18-8-10-23-45(41)50-46)36-29-30-37(42(31-36)34-15-5-2-6-16-34)39-19-11-20-40-38-17-7-9-22-44(38)51-48(39)40/h1-31H. The fourth-order valence-corrected chi connectivity index (χ4v) is 9.88. The third kappa shape index (κ3) is 5.13. The summed E-state index contributed by atoms with van der Waals surface area (Å²) in [7, 11) is 0. The summed E-state index contributed by atoms with van der Waals surface area (Å²) in [5.74, 6) is 0. The molecule has 0 saturated heterocycles. The molecule has 2 aromatic heterocycles. The van der Waals surface area contributed by atoms with Gasteiger partial charge < -0.3 is 4.90 Å². The van der Waals surface area contributed by atoms with Crippen LogP contribution in [-0.2, 0) is 0 Å². The van der Waals surface area contributed by atoms with Gasteiger partial charge in [0.15, 0.2) is 0 Å². The average molecular weight is 686 g/mol. The molecular formula is C48H31NS2. The maximum atomic E-state index is 2.45. The quantitative estimate of drug-likeness (QED) is 0.168. The summed E-state index contributed by atoms with van der Waals surface area (Å²) in [6, 6.07) is 68.6. The Morgan fingerprint density at radius 2 is 0.922 bits per heavy atom. The third-order valence-electron chi connectivity index (χ3n) is 9.89. The van der Waals surface area contributed by atoms with Crippen LogP contribution in [0.1, 0.15) is 0 Å². The Morgan fingerprint density at radius 3 is 1.71 bits per heavy atom. The monoisotopic (exact) mass is 685 g/mol. The van der Waals surface area contributed by atoms with Crippen LogP contribution in [-0.4, -0.2) is 0 Å². The van der Waals surface area contributed by atoms with Gasteiger partial charge >= 0.3 is 0 Å². The Labute approximate surface area is 304 Å². The van der Waals surface area contributed by atoms with Crippen LogP contribution in [0.15, 0.2) is 188 Å². The van der Waals surface area contributed by atoms with Gasteiger partial charge in [0.2, 0.25) is 0 Å². The number of fused-ring (bicyclic) bond motifs is 6. The number of nitrogens with zero attached hydrogens (tertiary/aromatic N) is 1. The maximum Gasteiger partial charge on any atom is 0.0554 e. The van der Waals surface area contributed by atoms with Gasteiger partial charge in [0.1, 0.15) is 0 Å². The summed E-state index contributed by atoms with van der Waals surface area (Å²) in [6.45, 7) is 0. The van der Waals surface area contributed by atoms with E-state index in [0.29, 0.717) is 0 Å². The zero-order valence-corrected chi connectivity index (χ0v) is 29.3. The molecular weight excluding hydrogens is 655 g/mol. The first-order valence-corrected chi connectivity index (χ1v) is 18.9. The van der Waals surface area contributed by atoms with Crippen LogP contribution in [0.3, 0.4) is 0 Å². The molecule has 0 radical (unpaired) electrons. The van der Waals surface area contributed by atoms with Gasteiger partial charge in [-0.05, 0) is 76.3 Å². The maximum absolute atomic E-state index is 2.45. The molecule has 1 nitrogen and oxygen atoms in total. The predicted molar refractivity (Wildman–Crippen MR) is 223 cm³/mol. The molecule has 0 saturated carbocycles. The first-order chi connectivity index (χ1) is 25.3. The number of hydrogen-bond acceptors (Lipinski definition) is 3. The second-order valence-electron chi connectivity index (χ2n) is 12.9. The molecule has 0 aliphatic carbocycles. The molecule has 0 N–H and O–H groups in total. The average Bonchev–Trinajstić information content (AvgIpc) is 3.78. The minimum absolute atomic E-state index is 1.12. The number of thiophene rings is 2. The number of benzene rings is 8. The van der Waals surface area contributed by atoms with Crippen LogP contribution in [0.25, 0.3) is 73.7 Å². The molecule has 0 atom stereocenters. The smallest absolute Gasteiger partial charge is 0.0554 e. The van der Waals surface area contributed by atoms with Crippen LogP contribution >= 0.6 is 22.7 Å². The molecule has 2 heterocycles. The predicted octanol–water partition coefficient (Wildman–Crippen LogP) is 14.9. The van der Waals surface area contributed by atoms with Crippen molar-refractivity contribution in [3.63, 3.8) is 0 Å². The topological polar surface area (TPSA) is 3.24 Å². The highest BCUT2D eigenvalue weighted by Crippen LogP contribution is 2.48. The molecule has 240 valence electrons. The van der Waals surface area contributed by atoms with E-state index >= 15 is 0 Å². The van der Waals surface area contributed by atoms with Gasteiger partial charge in [0.05, 0.1) is 5.69 Å². The molecule has 0 unspecified atom stereocenters. The lowest BCUT2D eigenvalue weighted by Crippen LogP contribution is -2.10. The van der Waals surface area contributed by atoms with E-state index in [9.17, 15) is 0 Å². The molecule has 0 aliphatic rings. The van der Waals surface area contributed by atoms with Crippen LogP contribution in [0, 0.1) is 0 Å². The van der Waals surface area contributed by atoms with Crippen LogP contribution in [0.4, 0.5) is 17.1 Å². The van der Waals surface area contributed by atoms with Crippen molar-refractivity contribution in [1.82, 2.24) is 0 Å². The molecule has 0 bridgehead atoms. The zero-order valence-electron chi connectivity index (χ0n) is 27.7. The Bertz CT molecular complexity index is 2850. The normalized spacial score (nSPS) is 11.5. The summed E-state index contributed by atoms with van der Waals surface area (Å²) >= 11 is 3.75. The number of anilines is 3. The molecule has 0 spiro atoms. The third-order valence-corrected chi connectivity index (χ3v) is 12.3. The summed E-state index contributed by atoms with van der Waals surface area (Å²) in [6.07, 6.45) is 0. The molecule has 10 aromatic rings. The van der Waals surface area contributed by atoms with Gasteiger partial charge in [0.25, 0.3) is 0 Å². The van der Waals surface area contributed by atoms with E-state index in [2.05, 4.69) is 193 Å². The van der Waals surface area contributed by atoms with E-state index in [1.54, 1.807) is 0 Å². The summed E-state index contributed by atoms with van der Waals surface area (Å²) in [5, 5.41) is 5.20. The number of hydrogen-bond donors (Lipinski definition) is 0. The van der Waals surface area contributed by atoms with Gasteiger partial charge in [-0.25, -0.2) is 0 Å². The first kappa shape index (κ1) is 29.9. The van der Waals surface area contributed by atoms with E-state index in [1.165, 1.54) is 79.4 Å². The van der Waals surface area contributed by atoms with E-state index < -0.39 is 0 Å². The van der Waals surface area contributed by atoms with Crippen molar-refractivity contribution in [3.8, 4) is 33.4 Å². The second kappa shape index (κ2) is 12.4. The van der Waals surface area contributed by atoms with Crippen molar-refractivity contribution >= 4 is 80.1 Å². The van der Waals surface area contributed by atoms with Crippen molar-refractivity contribution in [2.75, 3.05) is 4.90 Å². The lowest BCUT2D eigenvalue weighted by molar-refractivity contribution is 1.30. The minimum Gasteiger partial charge on any atom is -0.310 e. The zero-order chi connectivity index (χ0) is 33.7. The fraction of sp³-hybridized carbons (Fsp3) is 0. The highest BCUT2D eigenvalue weighted by molar-refractivity contribution is 7.26. The van der Waals surface area contributed by atoms with Gasteiger partial charge in [-0.3, -0.25) is 0 Å². The van der Waals surface area contributed by atoms with Crippen molar-refractivity contribution in [2.45, 2.75) is 0 Å².